The van der Waals surface area contributed by atoms with Crippen LogP contribution < -0.4 is 5.32 Å². The Hall–Kier alpha value is -1.06. The molecule has 1 unspecified atom stereocenters. The van der Waals surface area contributed by atoms with Crippen LogP contribution in [0.4, 0.5) is 5.69 Å². The van der Waals surface area contributed by atoms with Crippen molar-refractivity contribution in [3.8, 4) is 0 Å². The number of nitrogens with one attached hydrogen (secondary N) is 1. The lowest BCUT2D eigenvalue weighted by Crippen LogP contribution is -2.03. The van der Waals surface area contributed by atoms with Gasteiger partial charge in [-0.1, -0.05) is 31.4 Å². The van der Waals surface area contributed by atoms with Crippen LogP contribution in [0.25, 0.3) is 0 Å². The molecule has 1 aliphatic heterocycles. The fraction of sp³-hybridized carbons (Fsp3) is 0.462. The van der Waals surface area contributed by atoms with E-state index in [1.54, 1.807) is 6.07 Å². The minimum atomic E-state index is -0.538. The Morgan fingerprint density at radius 3 is 3.00 bits per heavy atom. The molecular formula is C13H16ClNO2. The number of hydrogen-bond acceptors (Lipinski definition) is 2. The highest BCUT2D eigenvalue weighted by Gasteiger charge is 2.21. The van der Waals surface area contributed by atoms with E-state index in [0.717, 1.165) is 29.7 Å². The molecule has 92 valence electrons. The van der Waals surface area contributed by atoms with Crippen LogP contribution >= 0.6 is 11.6 Å². The van der Waals surface area contributed by atoms with Gasteiger partial charge < -0.3 is 10.4 Å². The molecular weight excluding hydrogens is 238 g/mol. The van der Waals surface area contributed by atoms with Gasteiger partial charge in [0.15, 0.2) is 0 Å². The van der Waals surface area contributed by atoms with Crippen molar-refractivity contribution in [2.45, 2.75) is 38.7 Å². The summed E-state index contributed by atoms with van der Waals surface area (Å²) in [5.41, 5.74) is 2.42. The molecule has 0 fully saturated rings. The molecule has 2 N–H and O–H groups in total. The van der Waals surface area contributed by atoms with Crippen LogP contribution in [0.2, 0.25) is 5.02 Å². The van der Waals surface area contributed by atoms with Gasteiger partial charge in [-0.25, -0.2) is 0 Å². The third-order valence-electron chi connectivity index (χ3n) is 3.04. The average molecular weight is 254 g/mol. The number of rotatable bonds is 4. The molecule has 4 heteroatoms. The lowest BCUT2D eigenvalue weighted by molar-refractivity contribution is -0.115. The van der Waals surface area contributed by atoms with Gasteiger partial charge in [-0.05, 0) is 29.7 Å². The van der Waals surface area contributed by atoms with Gasteiger partial charge >= 0.3 is 0 Å². The zero-order chi connectivity index (χ0) is 12.4. The molecule has 1 amide bonds. The summed E-state index contributed by atoms with van der Waals surface area (Å²) >= 11 is 6.12. The topological polar surface area (TPSA) is 49.3 Å². The molecule has 17 heavy (non-hydrogen) atoms. The molecule has 1 atom stereocenters. The van der Waals surface area contributed by atoms with Gasteiger partial charge in [0.25, 0.3) is 0 Å². The number of halogens is 1. The van der Waals surface area contributed by atoms with Crippen molar-refractivity contribution in [2.24, 2.45) is 0 Å². The lowest BCUT2D eigenvalue weighted by Gasteiger charge is -2.13. The fourth-order valence-corrected chi connectivity index (χ4v) is 2.37. The Morgan fingerprint density at radius 2 is 2.29 bits per heavy atom. The molecule has 1 aromatic carbocycles. The maximum absolute atomic E-state index is 11.2. The zero-order valence-corrected chi connectivity index (χ0v) is 10.5. The smallest absolute Gasteiger partial charge is 0.228 e. The molecule has 2 rings (SSSR count). The van der Waals surface area contributed by atoms with Gasteiger partial charge in [0.05, 0.1) is 12.5 Å². The molecule has 0 radical (unpaired) electrons. The standard InChI is InChI=1S/C13H16ClNO2/c1-2-3-4-12(16)9-5-8-6-13(17)15-11(8)7-10(9)14/h5,7,12,16H,2-4,6H2,1H3,(H,15,17). The van der Waals surface area contributed by atoms with Crippen molar-refractivity contribution in [1.82, 2.24) is 0 Å². The Balaban J connectivity index is 2.24. The van der Waals surface area contributed by atoms with Gasteiger partial charge in [-0.15, -0.1) is 0 Å². The van der Waals surface area contributed by atoms with Crippen LogP contribution in [0.3, 0.4) is 0 Å². The van der Waals surface area contributed by atoms with E-state index in [0.29, 0.717) is 17.9 Å². The summed E-state index contributed by atoms with van der Waals surface area (Å²) < 4.78 is 0. The highest BCUT2D eigenvalue weighted by atomic mass is 35.5. The van der Waals surface area contributed by atoms with E-state index < -0.39 is 6.10 Å². The van der Waals surface area contributed by atoms with Crippen molar-refractivity contribution >= 4 is 23.2 Å². The number of anilines is 1. The predicted molar refractivity (Wildman–Crippen MR) is 68.3 cm³/mol. The van der Waals surface area contributed by atoms with E-state index >= 15 is 0 Å². The van der Waals surface area contributed by atoms with Crippen molar-refractivity contribution in [3.05, 3.63) is 28.3 Å². The summed E-state index contributed by atoms with van der Waals surface area (Å²) in [4.78, 5) is 11.2. The minimum absolute atomic E-state index is 0.0173. The molecule has 1 heterocycles. The molecule has 0 saturated heterocycles. The number of unbranched alkanes of at least 4 members (excludes halogenated alkanes) is 1. The van der Waals surface area contributed by atoms with Crippen LogP contribution in [-0.4, -0.2) is 11.0 Å². The second kappa shape index (κ2) is 5.07. The first kappa shape index (κ1) is 12.4. The van der Waals surface area contributed by atoms with E-state index in [4.69, 9.17) is 11.6 Å². The van der Waals surface area contributed by atoms with E-state index in [9.17, 15) is 9.90 Å². The van der Waals surface area contributed by atoms with Crippen molar-refractivity contribution in [3.63, 3.8) is 0 Å². The van der Waals surface area contributed by atoms with Crippen LogP contribution in [0.5, 0.6) is 0 Å². The fourth-order valence-electron chi connectivity index (χ4n) is 2.08. The molecule has 0 aliphatic carbocycles. The Morgan fingerprint density at radius 1 is 1.53 bits per heavy atom. The molecule has 0 aromatic heterocycles. The Labute approximate surface area is 106 Å². The van der Waals surface area contributed by atoms with Gasteiger partial charge in [-0.2, -0.15) is 0 Å². The summed E-state index contributed by atoms with van der Waals surface area (Å²) in [6.45, 7) is 2.08. The Bertz CT molecular complexity index is 445. The largest absolute Gasteiger partial charge is 0.388 e. The zero-order valence-electron chi connectivity index (χ0n) is 9.79. The summed E-state index contributed by atoms with van der Waals surface area (Å²) in [6, 6.07) is 3.57. The molecule has 0 saturated carbocycles. The van der Waals surface area contributed by atoms with E-state index in [2.05, 4.69) is 12.2 Å². The first-order valence-corrected chi connectivity index (χ1v) is 6.30. The number of hydrogen-bond donors (Lipinski definition) is 2. The number of carbonyl (C=O) groups excluding carboxylic acids is 1. The molecule has 0 bridgehead atoms. The number of aliphatic hydroxyl groups is 1. The predicted octanol–water partition coefficient (Wildman–Crippen LogP) is 3.06. The van der Waals surface area contributed by atoms with E-state index in [-0.39, 0.29) is 5.91 Å². The first-order chi connectivity index (χ1) is 8.11. The number of amides is 1. The third kappa shape index (κ3) is 2.61. The monoisotopic (exact) mass is 253 g/mol. The first-order valence-electron chi connectivity index (χ1n) is 5.92. The lowest BCUT2D eigenvalue weighted by atomic mass is 10.0. The second-order valence-electron chi connectivity index (χ2n) is 4.41. The van der Waals surface area contributed by atoms with Crippen LogP contribution in [0.15, 0.2) is 12.1 Å². The van der Waals surface area contributed by atoms with Crippen molar-refractivity contribution in [1.29, 1.82) is 0 Å². The van der Waals surface area contributed by atoms with Gasteiger partial charge in [0.2, 0.25) is 5.91 Å². The number of carbonyl (C=O) groups is 1. The maximum Gasteiger partial charge on any atom is 0.228 e. The second-order valence-corrected chi connectivity index (χ2v) is 4.82. The molecule has 0 spiro atoms. The van der Waals surface area contributed by atoms with Gasteiger partial charge in [0, 0.05) is 10.7 Å². The van der Waals surface area contributed by atoms with Crippen molar-refractivity contribution in [2.75, 3.05) is 5.32 Å². The van der Waals surface area contributed by atoms with Gasteiger partial charge in [0.1, 0.15) is 0 Å². The summed E-state index contributed by atoms with van der Waals surface area (Å²) in [5.74, 6) is -0.0173. The average Bonchev–Trinajstić information content (AvgIpc) is 2.64. The molecule has 3 nitrogen and oxygen atoms in total. The van der Waals surface area contributed by atoms with E-state index in [1.807, 2.05) is 6.07 Å². The van der Waals surface area contributed by atoms with Crippen molar-refractivity contribution < 1.29 is 9.90 Å². The van der Waals surface area contributed by atoms with Crippen LogP contribution in [0.1, 0.15) is 43.4 Å². The van der Waals surface area contributed by atoms with E-state index in [1.165, 1.54) is 0 Å². The minimum Gasteiger partial charge on any atom is -0.388 e. The summed E-state index contributed by atoms with van der Waals surface area (Å²) in [6.07, 6.45) is 2.55. The molecule has 1 aromatic rings. The number of benzene rings is 1. The highest BCUT2D eigenvalue weighted by molar-refractivity contribution is 6.32. The third-order valence-corrected chi connectivity index (χ3v) is 3.37. The Kier molecular flexibility index (Phi) is 3.69. The van der Waals surface area contributed by atoms with Crippen LogP contribution in [-0.2, 0) is 11.2 Å². The summed E-state index contributed by atoms with van der Waals surface area (Å²) in [7, 11) is 0. The van der Waals surface area contributed by atoms with Crippen LogP contribution in [0, 0.1) is 0 Å². The summed E-state index contributed by atoms with van der Waals surface area (Å²) in [5, 5.41) is 13.3. The highest BCUT2D eigenvalue weighted by Crippen LogP contribution is 2.34. The number of fused-ring (bicyclic) bond motifs is 1. The molecule has 1 aliphatic rings. The quantitative estimate of drug-likeness (QED) is 0.867. The normalized spacial score (nSPS) is 15.6. The SMILES string of the molecule is CCCCC(O)c1cc2c(cc1Cl)NC(=O)C2. The number of aliphatic hydroxyl groups excluding tert-OH is 1. The maximum atomic E-state index is 11.2. The van der Waals surface area contributed by atoms with Gasteiger partial charge in [-0.3, -0.25) is 4.79 Å².